The molecule has 0 aliphatic heterocycles. The van der Waals surface area contributed by atoms with E-state index in [4.69, 9.17) is 4.42 Å². The first-order valence-corrected chi connectivity index (χ1v) is 18.8. The number of allylic oxidation sites excluding steroid dienone is 2. The second-order valence-corrected chi connectivity index (χ2v) is 14.4. The number of anilines is 2. The van der Waals surface area contributed by atoms with Gasteiger partial charge in [-0.1, -0.05) is 158 Å². The summed E-state index contributed by atoms with van der Waals surface area (Å²) in [4.78, 5) is 2.47. The van der Waals surface area contributed by atoms with Gasteiger partial charge in [0.2, 0.25) is 0 Å². The van der Waals surface area contributed by atoms with E-state index >= 15 is 0 Å². The van der Waals surface area contributed by atoms with Crippen molar-refractivity contribution >= 4 is 82.0 Å². The summed E-state index contributed by atoms with van der Waals surface area (Å²) in [6.45, 7) is 0. The number of nitrogens with zero attached hydrogens (tertiary/aromatic N) is 1. The minimum Gasteiger partial charge on any atom is -0.454 e. The van der Waals surface area contributed by atoms with E-state index in [0.29, 0.717) is 0 Å². The molecule has 2 heteroatoms. The van der Waals surface area contributed by atoms with Gasteiger partial charge in [-0.2, -0.15) is 0 Å². The molecular formula is C52H35NO. The van der Waals surface area contributed by atoms with Gasteiger partial charge >= 0.3 is 0 Å². The van der Waals surface area contributed by atoms with Crippen molar-refractivity contribution < 1.29 is 4.42 Å². The van der Waals surface area contributed by atoms with Gasteiger partial charge in [-0.15, -0.1) is 0 Å². The van der Waals surface area contributed by atoms with E-state index in [2.05, 4.69) is 193 Å². The van der Waals surface area contributed by atoms with Gasteiger partial charge in [0.1, 0.15) is 5.58 Å². The fourth-order valence-corrected chi connectivity index (χ4v) is 8.82. The van der Waals surface area contributed by atoms with Gasteiger partial charge in [0.25, 0.3) is 0 Å². The Morgan fingerprint density at radius 3 is 1.69 bits per heavy atom. The maximum Gasteiger partial charge on any atom is 0.159 e. The summed E-state index contributed by atoms with van der Waals surface area (Å²) in [6, 6.07) is 63.8. The Balaban J connectivity index is 1.04. The quantitative estimate of drug-likeness (QED) is 0.167. The van der Waals surface area contributed by atoms with Crippen molar-refractivity contribution in [3.8, 4) is 11.1 Å². The number of fused-ring (bicyclic) bond motifs is 9. The summed E-state index contributed by atoms with van der Waals surface area (Å²) in [5, 5.41) is 12.5. The van der Waals surface area contributed by atoms with Gasteiger partial charge in [-0.3, -0.25) is 0 Å². The summed E-state index contributed by atoms with van der Waals surface area (Å²) in [5.41, 5.74) is 8.98. The van der Waals surface area contributed by atoms with Gasteiger partial charge in [0, 0.05) is 16.5 Å². The Bertz CT molecular complexity index is 3140. The summed E-state index contributed by atoms with van der Waals surface area (Å²) in [7, 11) is 0. The summed E-state index contributed by atoms with van der Waals surface area (Å²) >= 11 is 0. The molecule has 11 rings (SSSR count). The fourth-order valence-electron chi connectivity index (χ4n) is 8.82. The third-order valence-electron chi connectivity index (χ3n) is 11.4. The number of hydrogen-bond acceptors (Lipinski definition) is 2. The number of hydrogen-bond donors (Lipinski definition) is 0. The van der Waals surface area contributed by atoms with Gasteiger partial charge in [0.15, 0.2) is 5.58 Å². The highest BCUT2D eigenvalue weighted by atomic mass is 16.3. The van der Waals surface area contributed by atoms with Gasteiger partial charge in [-0.05, 0) is 108 Å². The van der Waals surface area contributed by atoms with E-state index in [9.17, 15) is 0 Å². The normalized spacial score (nSPS) is 14.4. The van der Waals surface area contributed by atoms with Crippen molar-refractivity contribution in [2.45, 2.75) is 12.5 Å². The number of furan rings is 1. The summed E-state index contributed by atoms with van der Waals surface area (Å²) < 4.78 is 6.66. The van der Waals surface area contributed by atoms with Crippen LogP contribution < -0.4 is 4.90 Å². The molecule has 0 fully saturated rings. The van der Waals surface area contributed by atoms with Crippen molar-refractivity contribution in [2.75, 3.05) is 4.90 Å². The Morgan fingerprint density at radius 2 is 1.02 bits per heavy atom. The average molecular weight is 690 g/mol. The smallest absolute Gasteiger partial charge is 0.159 e. The molecule has 1 aliphatic rings. The Morgan fingerprint density at radius 1 is 0.463 bits per heavy atom. The maximum absolute atomic E-state index is 6.66. The molecule has 9 aromatic carbocycles. The predicted molar refractivity (Wildman–Crippen MR) is 230 cm³/mol. The van der Waals surface area contributed by atoms with Crippen molar-refractivity contribution in [1.82, 2.24) is 0 Å². The van der Waals surface area contributed by atoms with E-state index < -0.39 is 0 Å². The number of rotatable bonds is 5. The molecule has 1 aliphatic carbocycles. The van der Waals surface area contributed by atoms with E-state index in [-0.39, 0.29) is 6.04 Å². The first kappa shape index (κ1) is 30.7. The molecule has 0 saturated heterocycles. The first-order chi connectivity index (χ1) is 26.8. The molecule has 0 saturated carbocycles. The lowest BCUT2D eigenvalue weighted by molar-refractivity contribution is 0.664. The van der Waals surface area contributed by atoms with Gasteiger partial charge < -0.3 is 9.32 Å². The summed E-state index contributed by atoms with van der Waals surface area (Å²) in [6.07, 6.45) is 7.97. The van der Waals surface area contributed by atoms with Crippen LogP contribution in [0.4, 0.5) is 11.4 Å². The molecule has 0 spiro atoms. The Kier molecular flexibility index (Phi) is 7.03. The van der Waals surface area contributed by atoms with Crippen molar-refractivity contribution in [2.24, 2.45) is 0 Å². The zero-order chi connectivity index (χ0) is 35.6. The van der Waals surface area contributed by atoms with Crippen molar-refractivity contribution in [3.05, 3.63) is 200 Å². The molecule has 0 N–H and O–H groups in total. The molecule has 1 atom stereocenters. The molecule has 1 unspecified atom stereocenters. The van der Waals surface area contributed by atoms with Crippen LogP contribution in [0.2, 0.25) is 0 Å². The lowest BCUT2D eigenvalue weighted by atomic mass is 9.89. The van der Waals surface area contributed by atoms with Crippen molar-refractivity contribution in [3.63, 3.8) is 0 Å². The largest absolute Gasteiger partial charge is 0.454 e. The number of para-hydroxylation sites is 2. The van der Waals surface area contributed by atoms with E-state index in [1.54, 1.807) is 0 Å². The van der Waals surface area contributed by atoms with Crippen LogP contribution in [0.15, 0.2) is 199 Å². The third-order valence-corrected chi connectivity index (χ3v) is 11.4. The second kappa shape index (κ2) is 12.4. The molecule has 0 bridgehead atoms. The molecule has 0 radical (unpaired) electrons. The van der Waals surface area contributed by atoms with Crippen molar-refractivity contribution in [1.29, 1.82) is 0 Å². The maximum atomic E-state index is 6.66. The molecule has 2 nitrogen and oxygen atoms in total. The molecule has 1 heterocycles. The third kappa shape index (κ3) is 4.88. The van der Waals surface area contributed by atoms with Crippen LogP contribution in [0.5, 0.6) is 0 Å². The second-order valence-electron chi connectivity index (χ2n) is 14.4. The van der Waals surface area contributed by atoms with Crippen LogP contribution in [0.1, 0.15) is 12.0 Å². The van der Waals surface area contributed by atoms with Crippen LogP contribution in [0, 0.1) is 0 Å². The SMILES string of the molecule is C1=CC(N(c2ccc(-c3cc4ccccc4c4ccccc34)cc2)c2cccc3c2oc2ccccc23)CC=C1c1cc2ccccc2c2ccccc12. The molecule has 54 heavy (non-hydrogen) atoms. The lowest BCUT2D eigenvalue weighted by Gasteiger charge is -2.33. The lowest BCUT2D eigenvalue weighted by Crippen LogP contribution is -2.30. The number of benzene rings is 9. The highest BCUT2D eigenvalue weighted by Crippen LogP contribution is 2.43. The van der Waals surface area contributed by atoms with Crippen LogP contribution in [0.25, 0.3) is 81.7 Å². The molecule has 1 aromatic heterocycles. The van der Waals surface area contributed by atoms with Crippen LogP contribution in [-0.4, -0.2) is 6.04 Å². The summed E-state index contributed by atoms with van der Waals surface area (Å²) in [5.74, 6) is 0. The van der Waals surface area contributed by atoms with E-state index in [1.165, 1.54) is 65.4 Å². The van der Waals surface area contributed by atoms with E-state index in [0.717, 1.165) is 39.7 Å². The van der Waals surface area contributed by atoms with Gasteiger partial charge in [-0.25, -0.2) is 0 Å². The van der Waals surface area contributed by atoms with Crippen LogP contribution >= 0.6 is 0 Å². The standard InChI is InChI=1S/C52H35NO/c1-3-14-40-36(12-1)32-48(44-18-7-5-16-42(40)44)34-24-28-38(29-25-34)53(50-22-11-21-47-46-20-9-10-23-51(46)54-52(47)50)39-30-26-35(27-31-39)49-33-37-13-2-4-15-41(37)43-17-6-8-19-45(43)49/h1-30,32-33,39H,31H2. The Hall–Kier alpha value is -6.90. The fraction of sp³-hybridized carbons (Fsp3) is 0.0385. The minimum absolute atomic E-state index is 0.0756. The molecule has 254 valence electrons. The van der Waals surface area contributed by atoms with Crippen LogP contribution in [0.3, 0.4) is 0 Å². The van der Waals surface area contributed by atoms with E-state index in [1.807, 2.05) is 6.07 Å². The monoisotopic (exact) mass is 689 g/mol. The molecule has 10 aromatic rings. The zero-order valence-electron chi connectivity index (χ0n) is 29.6. The minimum atomic E-state index is 0.0756. The highest BCUT2D eigenvalue weighted by molar-refractivity contribution is 6.15. The predicted octanol–water partition coefficient (Wildman–Crippen LogP) is 14.4. The molecular weight excluding hydrogens is 655 g/mol. The Labute approximate surface area is 313 Å². The zero-order valence-corrected chi connectivity index (χ0v) is 29.6. The van der Waals surface area contributed by atoms with Gasteiger partial charge in [0.05, 0.1) is 11.7 Å². The topological polar surface area (TPSA) is 16.4 Å². The average Bonchev–Trinajstić information content (AvgIpc) is 3.63. The molecule has 0 amide bonds. The highest BCUT2D eigenvalue weighted by Gasteiger charge is 2.25. The van der Waals surface area contributed by atoms with Crippen LogP contribution in [-0.2, 0) is 0 Å². The first-order valence-electron chi connectivity index (χ1n) is 18.8.